The van der Waals surface area contributed by atoms with Crippen LogP contribution in [0.5, 0.6) is 17.2 Å². The van der Waals surface area contributed by atoms with Crippen molar-refractivity contribution in [1.82, 2.24) is 10.2 Å². The van der Waals surface area contributed by atoms with Crippen molar-refractivity contribution in [2.75, 3.05) is 38.2 Å². The highest BCUT2D eigenvalue weighted by molar-refractivity contribution is 7.92. The molecule has 3 rings (SSSR count). The molecule has 3 aromatic rings. The number of nitrogens with one attached hydrogen (secondary N) is 1. The van der Waals surface area contributed by atoms with E-state index in [0.717, 1.165) is 4.31 Å². The van der Waals surface area contributed by atoms with Gasteiger partial charge in [-0.1, -0.05) is 29.3 Å². The smallest absolute Gasteiger partial charge is 0.264 e. The third kappa shape index (κ3) is 8.25. The van der Waals surface area contributed by atoms with Crippen molar-refractivity contribution in [3.05, 3.63) is 76.3 Å². The van der Waals surface area contributed by atoms with Gasteiger partial charge in [-0.25, -0.2) is 8.42 Å². The van der Waals surface area contributed by atoms with Gasteiger partial charge in [0.2, 0.25) is 11.8 Å². The number of anilines is 1. The molecule has 0 radical (unpaired) electrons. The number of sulfonamides is 1. The predicted molar refractivity (Wildman–Crippen MR) is 167 cm³/mol. The summed E-state index contributed by atoms with van der Waals surface area (Å²) in [6.07, 6.45) is 0. The predicted octanol–water partition coefficient (Wildman–Crippen LogP) is 5.16. The molecule has 0 spiro atoms. The number of benzene rings is 3. The molecule has 0 saturated carbocycles. The number of amides is 2. The van der Waals surface area contributed by atoms with Crippen LogP contribution in [-0.4, -0.2) is 65.1 Å². The molecule has 0 aliphatic heterocycles. The fraction of sp³-hybridized carbons (Fsp3) is 0.333. The van der Waals surface area contributed by atoms with Gasteiger partial charge in [0.05, 0.1) is 41.5 Å². The Hall–Kier alpha value is -3.67. The van der Waals surface area contributed by atoms with Crippen molar-refractivity contribution in [2.24, 2.45) is 0 Å². The zero-order chi connectivity index (χ0) is 31.7. The molecule has 0 heterocycles. The van der Waals surface area contributed by atoms with Crippen LogP contribution < -0.4 is 23.8 Å². The molecule has 1 atom stereocenters. The van der Waals surface area contributed by atoms with Gasteiger partial charge in [0.25, 0.3) is 10.0 Å². The van der Waals surface area contributed by atoms with Crippen LogP contribution in [0.4, 0.5) is 5.69 Å². The van der Waals surface area contributed by atoms with Crippen molar-refractivity contribution < 1.29 is 32.2 Å². The zero-order valence-corrected chi connectivity index (χ0v) is 26.9. The number of methoxy groups -OCH3 is 2. The van der Waals surface area contributed by atoms with Gasteiger partial charge in [0.1, 0.15) is 18.3 Å². The van der Waals surface area contributed by atoms with E-state index < -0.39 is 34.4 Å². The number of halogens is 2. The molecule has 0 unspecified atom stereocenters. The molecular weight excluding hydrogens is 617 g/mol. The molecule has 0 aliphatic rings. The van der Waals surface area contributed by atoms with Gasteiger partial charge in [-0.05, 0) is 74.9 Å². The summed E-state index contributed by atoms with van der Waals surface area (Å²) in [5.74, 6) is 0.0579. The van der Waals surface area contributed by atoms with Crippen molar-refractivity contribution in [3.8, 4) is 17.2 Å². The van der Waals surface area contributed by atoms with E-state index in [1.165, 1.54) is 37.3 Å². The van der Waals surface area contributed by atoms with Gasteiger partial charge in [0, 0.05) is 19.2 Å². The van der Waals surface area contributed by atoms with Gasteiger partial charge in [-0.2, -0.15) is 0 Å². The first kappa shape index (κ1) is 33.8. The number of rotatable bonds is 14. The lowest BCUT2D eigenvalue weighted by molar-refractivity contribution is -0.139. The third-order valence-corrected chi connectivity index (χ3v) is 9.02. The third-order valence-electron chi connectivity index (χ3n) is 6.51. The Morgan fingerprint density at radius 2 is 1.58 bits per heavy atom. The highest BCUT2D eigenvalue weighted by Crippen LogP contribution is 2.33. The van der Waals surface area contributed by atoms with Crippen LogP contribution in [-0.2, 0) is 26.2 Å². The van der Waals surface area contributed by atoms with Gasteiger partial charge in [-0.3, -0.25) is 13.9 Å². The Kier molecular flexibility index (Phi) is 11.9. The Balaban J connectivity index is 2.09. The summed E-state index contributed by atoms with van der Waals surface area (Å²) < 4.78 is 45.3. The summed E-state index contributed by atoms with van der Waals surface area (Å²) in [7, 11) is -1.50. The Labute approximate surface area is 262 Å². The summed E-state index contributed by atoms with van der Waals surface area (Å²) in [6.45, 7) is 5.30. The quantitative estimate of drug-likeness (QED) is 0.256. The average Bonchev–Trinajstić information content (AvgIpc) is 3.00. The molecule has 0 aliphatic carbocycles. The van der Waals surface area contributed by atoms with Crippen LogP contribution in [0.1, 0.15) is 26.3 Å². The second kappa shape index (κ2) is 15.2. The summed E-state index contributed by atoms with van der Waals surface area (Å²) in [4.78, 5) is 28.1. The number of likely N-dealkylation sites (N-methyl/N-ethyl adjacent to an activating group) is 1. The highest BCUT2D eigenvalue weighted by atomic mass is 35.5. The van der Waals surface area contributed by atoms with Crippen molar-refractivity contribution in [1.29, 1.82) is 0 Å². The molecule has 43 heavy (non-hydrogen) atoms. The maximum Gasteiger partial charge on any atom is 0.264 e. The fourth-order valence-electron chi connectivity index (χ4n) is 4.25. The normalized spacial score (nSPS) is 11.8. The lowest BCUT2D eigenvalue weighted by Crippen LogP contribution is -2.51. The van der Waals surface area contributed by atoms with Crippen molar-refractivity contribution >= 4 is 50.7 Å². The molecule has 1 N–H and O–H groups in total. The summed E-state index contributed by atoms with van der Waals surface area (Å²) >= 11 is 12.3. The first-order valence-electron chi connectivity index (χ1n) is 13.4. The lowest BCUT2D eigenvalue weighted by Gasteiger charge is -2.32. The summed E-state index contributed by atoms with van der Waals surface area (Å²) in [6, 6.07) is 14.4. The fourth-order valence-corrected chi connectivity index (χ4v) is 6.00. The molecule has 0 saturated heterocycles. The van der Waals surface area contributed by atoms with Crippen LogP contribution in [0.3, 0.4) is 0 Å². The van der Waals surface area contributed by atoms with E-state index in [1.54, 1.807) is 56.3 Å². The number of ether oxygens (including phenoxy) is 3. The molecule has 0 aromatic heterocycles. The van der Waals surface area contributed by atoms with E-state index in [4.69, 9.17) is 37.4 Å². The number of hydrogen-bond acceptors (Lipinski definition) is 7. The SMILES string of the molecule is CCNC(=O)[C@H](C)N(Cc1ccc(Cl)c(Cl)c1)C(=O)CN(c1ccc(OCC)cc1)S(=O)(=O)c1ccc(OC)c(OC)c1. The minimum Gasteiger partial charge on any atom is -0.494 e. The van der Waals surface area contributed by atoms with E-state index in [1.807, 2.05) is 6.92 Å². The second-order valence-electron chi connectivity index (χ2n) is 9.30. The second-order valence-corrected chi connectivity index (χ2v) is 12.0. The van der Waals surface area contributed by atoms with Gasteiger partial charge in [-0.15, -0.1) is 0 Å². The standard InChI is InChI=1S/C30H35Cl2N3O7S/c1-6-33-30(37)20(3)34(18-21-8-14-25(31)26(32)16-21)29(36)19-35(22-9-11-23(12-10-22)42-7-2)43(38,39)24-13-15-27(40-4)28(17-24)41-5/h8-17,20H,6-7,18-19H2,1-5H3,(H,33,37)/t20-/m0/s1. The van der Waals surface area contributed by atoms with E-state index in [-0.39, 0.29) is 27.9 Å². The van der Waals surface area contributed by atoms with E-state index >= 15 is 0 Å². The van der Waals surface area contributed by atoms with E-state index in [2.05, 4.69) is 5.32 Å². The van der Waals surface area contributed by atoms with Crippen LogP contribution in [0.2, 0.25) is 10.0 Å². The van der Waals surface area contributed by atoms with Gasteiger partial charge in [0.15, 0.2) is 11.5 Å². The van der Waals surface area contributed by atoms with Crippen molar-refractivity contribution in [3.63, 3.8) is 0 Å². The molecule has 2 amide bonds. The highest BCUT2D eigenvalue weighted by Gasteiger charge is 2.33. The molecule has 0 fully saturated rings. The maximum atomic E-state index is 14.1. The van der Waals surface area contributed by atoms with Gasteiger partial charge >= 0.3 is 0 Å². The Morgan fingerprint density at radius 1 is 0.907 bits per heavy atom. The number of carbonyl (C=O) groups is 2. The Morgan fingerprint density at radius 3 is 2.16 bits per heavy atom. The zero-order valence-electron chi connectivity index (χ0n) is 24.6. The van der Waals surface area contributed by atoms with Gasteiger partial charge < -0.3 is 24.4 Å². The van der Waals surface area contributed by atoms with Crippen LogP contribution in [0.15, 0.2) is 65.6 Å². The first-order valence-corrected chi connectivity index (χ1v) is 15.6. The topological polar surface area (TPSA) is 114 Å². The largest absolute Gasteiger partial charge is 0.494 e. The average molecular weight is 653 g/mol. The number of hydrogen-bond donors (Lipinski definition) is 1. The molecule has 3 aromatic carbocycles. The number of carbonyl (C=O) groups excluding carboxylic acids is 2. The molecular formula is C30H35Cl2N3O7S. The summed E-state index contributed by atoms with van der Waals surface area (Å²) in [5, 5.41) is 3.34. The monoisotopic (exact) mass is 651 g/mol. The van der Waals surface area contributed by atoms with E-state index in [0.29, 0.717) is 35.2 Å². The van der Waals surface area contributed by atoms with Crippen LogP contribution in [0, 0.1) is 0 Å². The van der Waals surface area contributed by atoms with E-state index in [9.17, 15) is 18.0 Å². The Bertz CT molecular complexity index is 1540. The molecule has 0 bridgehead atoms. The number of nitrogens with zero attached hydrogens (tertiary/aromatic N) is 2. The summed E-state index contributed by atoms with van der Waals surface area (Å²) in [5.41, 5.74) is 0.820. The molecule has 10 nitrogen and oxygen atoms in total. The lowest BCUT2D eigenvalue weighted by atomic mass is 10.1. The molecule has 232 valence electrons. The maximum absolute atomic E-state index is 14.1. The first-order chi connectivity index (χ1) is 20.5. The minimum atomic E-state index is -4.34. The molecule has 13 heteroatoms. The van der Waals surface area contributed by atoms with Crippen molar-refractivity contribution in [2.45, 2.75) is 38.3 Å². The van der Waals surface area contributed by atoms with Crippen LogP contribution >= 0.6 is 23.2 Å². The van der Waals surface area contributed by atoms with Crippen LogP contribution in [0.25, 0.3) is 0 Å². The minimum absolute atomic E-state index is 0.0262.